The summed E-state index contributed by atoms with van der Waals surface area (Å²) < 4.78 is 17.3. The van der Waals surface area contributed by atoms with Crippen molar-refractivity contribution in [2.75, 3.05) is 26.4 Å². The van der Waals surface area contributed by atoms with Gasteiger partial charge in [-0.25, -0.2) is 0 Å². The molecule has 1 saturated heterocycles. The lowest BCUT2D eigenvalue weighted by Crippen LogP contribution is -2.52. The molecule has 0 radical (unpaired) electrons. The summed E-state index contributed by atoms with van der Waals surface area (Å²) in [5.41, 5.74) is 0.0140. The minimum Gasteiger partial charge on any atom is -0.391 e. The molecule has 2 N–H and O–H groups in total. The van der Waals surface area contributed by atoms with E-state index in [2.05, 4.69) is 39.9 Å². The fraction of sp³-hybridized carbons (Fsp3) is 0.944. The number of aliphatic hydroxyl groups excluding tert-OH is 1. The molecule has 142 valence electrons. The van der Waals surface area contributed by atoms with Gasteiger partial charge in [-0.3, -0.25) is 4.79 Å². The molecule has 1 rings (SSSR count). The van der Waals surface area contributed by atoms with Crippen LogP contribution in [0.3, 0.4) is 0 Å². The second kappa shape index (κ2) is 9.13. The van der Waals surface area contributed by atoms with Crippen molar-refractivity contribution in [2.24, 2.45) is 10.8 Å². The maximum atomic E-state index is 11.3. The summed E-state index contributed by atoms with van der Waals surface area (Å²) >= 11 is 0. The molecular weight excluding hydrogens is 310 g/mol. The van der Waals surface area contributed by atoms with Gasteiger partial charge in [0.2, 0.25) is 5.91 Å². The SMILES string of the molecule is CCC(C)(C)COCC(C)(C)COC1OC[C@H](O)C[C@H]1NC(C)=O. The van der Waals surface area contributed by atoms with E-state index in [9.17, 15) is 9.90 Å². The van der Waals surface area contributed by atoms with Crippen molar-refractivity contribution in [3.63, 3.8) is 0 Å². The molecule has 1 unspecified atom stereocenters. The molecule has 0 bridgehead atoms. The van der Waals surface area contributed by atoms with Gasteiger partial charge < -0.3 is 24.6 Å². The van der Waals surface area contributed by atoms with E-state index in [-0.39, 0.29) is 29.4 Å². The third-order valence-corrected chi connectivity index (χ3v) is 4.28. The first-order chi connectivity index (χ1) is 11.0. The van der Waals surface area contributed by atoms with Crippen LogP contribution < -0.4 is 5.32 Å². The second-order valence-electron chi connectivity index (χ2n) is 8.38. The number of carbonyl (C=O) groups is 1. The highest BCUT2D eigenvalue weighted by Crippen LogP contribution is 2.24. The molecule has 6 heteroatoms. The van der Waals surface area contributed by atoms with E-state index in [0.717, 1.165) is 6.42 Å². The van der Waals surface area contributed by atoms with Crippen molar-refractivity contribution in [3.05, 3.63) is 0 Å². The molecular formula is C18H35NO5. The van der Waals surface area contributed by atoms with E-state index < -0.39 is 12.4 Å². The van der Waals surface area contributed by atoms with E-state index in [1.54, 1.807) is 0 Å². The summed E-state index contributed by atoms with van der Waals surface area (Å²) in [4.78, 5) is 11.3. The molecule has 1 amide bonds. The van der Waals surface area contributed by atoms with E-state index in [4.69, 9.17) is 14.2 Å². The molecule has 0 aromatic heterocycles. The first-order valence-corrected chi connectivity index (χ1v) is 8.81. The summed E-state index contributed by atoms with van der Waals surface area (Å²) in [5, 5.41) is 12.5. The van der Waals surface area contributed by atoms with Crippen LogP contribution >= 0.6 is 0 Å². The third kappa shape index (κ3) is 7.92. The molecule has 0 aliphatic carbocycles. The third-order valence-electron chi connectivity index (χ3n) is 4.28. The van der Waals surface area contributed by atoms with Gasteiger partial charge in [0.05, 0.1) is 38.6 Å². The highest BCUT2D eigenvalue weighted by Gasteiger charge is 2.33. The highest BCUT2D eigenvalue weighted by atomic mass is 16.7. The average Bonchev–Trinajstić information content (AvgIpc) is 2.45. The van der Waals surface area contributed by atoms with Crippen molar-refractivity contribution in [1.82, 2.24) is 5.32 Å². The van der Waals surface area contributed by atoms with Crippen molar-refractivity contribution >= 4 is 5.91 Å². The van der Waals surface area contributed by atoms with Gasteiger partial charge in [0.1, 0.15) is 0 Å². The maximum absolute atomic E-state index is 11.3. The average molecular weight is 345 g/mol. The highest BCUT2D eigenvalue weighted by molar-refractivity contribution is 5.73. The van der Waals surface area contributed by atoms with Gasteiger partial charge in [-0.1, -0.05) is 34.6 Å². The summed E-state index contributed by atoms with van der Waals surface area (Å²) in [7, 11) is 0. The number of ether oxygens (including phenoxy) is 3. The van der Waals surface area contributed by atoms with Gasteiger partial charge in [-0.15, -0.1) is 0 Å². The van der Waals surface area contributed by atoms with Gasteiger partial charge in [0.15, 0.2) is 6.29 Å². The van der Waals surface area contributed by atoms with Crippen LogP contribution in [0.25, 0.3) is 0 Å². The Kier molecular flexibility index (Phi) is 8.12. The van der Waals surface area contributed by atoms with Crippen molar-refractivity contribution in [2.45, 2.75) is 72.8 Å². The zero-order chi connectivity index (χ0) is 18.4. The molecule has 1 aliphatic rings. The Morgan fingerprint density at radius 3 is 2.42 bits per heavy atom. The Hall–Kier alpha value is -0.690. The zero-order valence-electron chi connectivity index (χ0n) is 16.1. The largest absolute Gasteiger partial charge is 0.391 e. The molecule has 0 saturated carbocycles. The lowest BCUT2D eigenvalue weighted by Gasteiger charge is -2.36. The van der Waals surface area contributed by atoms with Crippen LogP contribution in [0.15, 0.2) is 0 Å². The lowest BCUT2D eigenvalue weighted by atomic mass is 9.91. The second-order valence-corrected chi connectivity index (χ2v) is 8.38. The molecule has 0 aromatic carbocycles. The molecule has 3 atom stereocenters. The Labute approximate surface area is 146 Å². The van der Waals surface area contributed by atoms with Crippen molar-refractivity contribution in [3.8, 4) is 0 Å². The Bertz CT molecular complexity index is 397. The first-order valence-electron chi connectivity index (χ1n) is 8.81. The quantitative estimate of drug-likeness (QED) is 0.669. The van der Waals surface area contributed by atoms with Crippen LogP contribution in [-0.2, 0) is 19.0 Å². The molecule has 0 aromatic rings. The topological polar surface area (TPSA) is 77.0 Å². The first kappa shape index (κ1) is 21.4. The van der Waals surface area contributed by atoms with Gasteiger partial charge in [0.25, 0.3) is 0 Å². The van der Waals surface area contributed by atoms with Crippen LogP contribution in [-0.4, -0.2) is 55.9 Å². The predicted molar refractivity (Wildman–Crippen MR) is 92.6 cm³/mol. The number of hydrogen-bond donors (Lipinski definition) is 2. The number of nitrogens with one attached hydrogen (secondary N) is 1. The number of hydrogen-bond acceptors (Lipinski definition) is 5. The zero-order valence-corrected chi connectivity index (χ0v) is 16.1. The van der Waals surface area contributed by atoms with E-state index in [0.29, 0.717) is 26.2 Å². The van der Waals surface area contributed by atoms with Crippen LogP contribution in [0.2, 0.25) is 0 Å². The van der Waals surface area contributed by atoms with E-state index in [1.807, 2.05) is 0 Å². The number of amides is 1. The normalized spacial score (nSPS) is 25.5. The minimum absolute atomic E-state index is 0.157. The summed E-state index contributed by atoms with van der Waals surface area (Å²) in [6.07, 6.45) is 0.393. The monoisotopic (exact) mass is 345 g/mol. The van der Waals surface area contributed by atoms with Crippen LogP contribution in [0.4, 0.5) is 0 Å². The smallest absolute Gasteiger partial charge is 0.217 e. The Balaban J connectivity index is 2.44. The maximum Gasteiger partial charge on any atom is 0.217 e. The van der Waals surface area contributed by atoms with E-state index in [1.165, 1.54) is 6.92 Å². The lowest BCUT2D eigenvalue weighted by molar-refractivity contribution is -0.214. The van der Waals surface area contributed by atoms with E-state index >= 15 is 0 Å². The van der Waals surface area contributed by atoms with Gasteiger partial charge >= 0.3 is 0 Å². The van der Waals surface area contributed by atoms with Gasteiger partial charge in [-0.05, 0) is 11.8 Å². The van der Waals surface area contributed by atoms with Gasteiger partial charge in [-0.2, -0.15) is 0 Å². The number of carbonyl (C=O) groups excluding carboxylic acids is 1. The van der Waals surface area contributed by atoms with Gasteiger partial charge in [0, 0.05) is 18.8 Å². The van der Waals surface area contributed by atoms with Crippen LogP contribution in [0.1, 0.15) is 54.4 Å². The molecule has 1 heterocycles. The molecule has 24 heavy (non-hydrogen) atoms. The minimum atomic E-state index is -0.575. The summed E-state index contributed by atoms with van der Waals surface area (Å²) in [5.74, 6) is -0.157. The summed E-state index contributed by atoms with van der Waals surface area (Å²) in [6.45, 7) is 14.1. The molecule has 1 aliphatic heterocycles. The summed E-state index contributed by atoms with van der Waals surface area (Å²) in [6, 6.07) is -0.331. The van der Waals surface area contributed by atoms with Crippen molar-refractivity contribution in [1.29, 1.82) is 0 Å². The van der Waals surface area contributed by atoms with Crippen LogP contribution in [0.5, 0.6) is 0 Å². The Morgan fingerprint density at radius 1 is 1.21 bits per heavy atom. The molecule has 0 spiro atoms. The number of rotatable bonds is 9. The fourth-order valence-corrected chi connectivity index (χ4v) is 2.40. The van der Waals surface area contributed by atoms with Crippen molar-refractivity contribution < 1.29 is 24.1 Å². The fourth-order valence-electron chi connectivity index (χ4n) is 2.40. The van der Waals surface area contributed by atoms with Crippen LogP contribution in [0, 0.1) is 10.8 Å². The number of aliphatic hydroxyl groups is 1. The molecule has 6 nitrogen and oxygen atoms in total. The predicted octanol–water partition coefficient (Wildman–Crippen LogP) is 2.09. The molecule has 1 fully saturated rings. The Morgan fingerprint density at radius 2 is 1.83 bits per heavy atom. The standard InChI is InChI=1S/C18H35NO5/c1-7-17(3,4)10-22-11-18(5,6)12-24-16-15(19-13(2)20)8-14(21)9-23-16/h14-16,21H,7-12H2,1-6H3,(H,19,20)/t14-,15-,16?/m1/s1.